The van der Waals surface area contributed by atoms with E-state index in [-0.39, 0.29) is 11.3 Å². The van der Waals surface area contributed by atoms with E-state index < -0.39 is 0 Å². The predicted octanol–water partition coefficient (Wildman–Crippen LogP) is 19.1. The van der Waals surface area contributed by atoms with E-state index in [9.17, 15) is 0 Å². The molecule has 1 heterocycles. The van der Waals surface area contributed by atoms with Crippen LogP contribution in [0.4, 0.5) is 0 Å². The molecule has 13 rings (SSSR count). The first-order chi connectivity index (χ1) is 33.9. The van der Waals surface area contributed by atoms with E-state index in [2.05, 4.69) is 250 Å². The largest absolute Gasteiger partial charge is 0.135 e. The van der Waals surface area contributed by atoms with Crippen LogP contribution in [-0.4, -0.2) is 0 Å². The molecule has 11 aromatic carbocycles. The van der Waals surface area contributed by atoms with Gasteiger partial charge in [-0.1, -0.05) is 220 Å². The highest BCUT2D eigenvalue weighted by molar-refractivity contribution is 7.25. The Morgan fingerprint density at radius 3 is 1.64 bits per heavy atom. The second-order valence-electron chi connectivity index (χ2n) is 19.5. The minimum Gasteiger partial charge on any atom is -0.135 e. The van der Waals surface area contributed by atoms with Crippen molar-refractivity contribution in [3.63, 3.8) is 0 Å². The molecule has 0 amide bonds. The number of benzene rings is 11. The van der Waals surface area contributed by atoms with E-state index in [0.717, 1.165) is 12.8 Å². The number of hydrogen-bond acceptors (Lipinski definition) is 1. The molecule has 69 heavy (non-hydrogen) atoms. The van der Waals surface area contributed by atoms with E-state index in [0.29, 0.717) is 0 Å². The summed E-state index contributed by atoms with van der Waals surface area (Å²) in [6, 6.07) is 88.8. The van der Waals surface area contributed by atoms with Gasteiger partial charge in [-0.3, -0.25) is 0 Å². The van der Waals surface area contributed by atoms with Crippen molar-refractivity contribution in [1.29, 1.82) is 0 Å². The molecule has 12 aromatic rings. The topological polar surface area (TPSA) is 0 Å². The van der Waals surface area contributed by atoms with Crippen LogP contribution >= 0.6 is 11.3 Å². The molecule has 0 radical (unpaired) electrons. The fraction of sp³-hybridized carbons (Fsp3) is 0.0882. The lowest BCUT2D eigenvalue weighted by atomic mass is 9.79. The standard InChI is InChI=1S/C68H50S/c1-68(2)64-42-52(45-12-4-3-5-13-45)33-37-59(64)60-38-34-54(43-65(60)68)55(49-29-31-50(32-30-49)62-41-53-14-6-7-15-56(53)57-16-8-9-17-58(57)62)36-22-44-20-23-46(24-21-44)47-25-27-48(28-26-47)51-35-39-67-63(40-51)61-18-10-11-19-66(61)69-67/h3-21,23-35,37-43,55H,22,36H2,1-2H3. The summed E-state index contributed by atoms with van der Waals surface area (Å²) < 4.78 is 2.68. The molecule has 1 aromatic heterocycles. The van der Waals surface area contributed by atoms with Gasteiger partial charge in [0.05, 0.1) is 0 Å². The highest BCUT2D eigenvalue weighted by Gasteiger charge is 2.36. The van der Waals surface area contributed by atoms with Crippen molar-refractivity contribution in [2.45, 2.75) is 38.0 Å². The molecule has 0 saturated carbocycles. The minimum absolute atomic E-state index is 0.127. The van der Waals surface area contributed by atoms with Gasteiger partial charge in [-0.15, -0.1) is 11.3 Å². The summed E-state index contributed by atoms with van der Waals surface area (Å²) in [6.07, 6.45) is 1.97. The summed E-state index contributed by atoms with van der Waals surface area (Å²) in [4.78, 5) is 0. The molecule has 0 aliphatic heterocycles. The molecule has 1 unspecified atom stereocenters. The van der Waals surface area contributed by atoms with Gasteiger partial charge in [0.2, 0.25) is 0 Å². The average molecular weight is 899 g/mol. The van der Waals surface area contributed by atoms with Crippen LogP contribution in [0, 0.1) is 0 Å². The molecule has 1 atom stereocenters. The molecule has 0 spiro atoms. The molecule has 0 bridgehead atoms. The zero-order valence-electron chi connectivity index (χ0n) is 38.9. The van der Waals surface area contributed by atoms with Gasteiger partial charge in [0.1, 0.15) is 0 Å². The Kier molecular flexibility index (Phi) is 10.0. The average Bonchev–Trinajstić information content (AvgIpc) is 3.89. The molecular weight excluding hydrogens is 849 g/mol. The van der Waals surface area contributed by atoms with E-state index >= 15 is 0 Å². The first kappa shape index (κ1) is 41.4. The van der Waals surface area contributed by atoms with E-state index in [1.165, 1.54) is 125 Å². The van der Waals surface area contributed by atoms with Gasteiger partial charge in [0.15, 0.2) is 0 Å². The van der Waals surface area contributed by atoms with Gasteiger partial charge < -0.3 is 0 Å². The van der Waals surface area contributed by atoms with Gasteiger partial charge in [0, 0.05) is 31.5 Å². The van der Waals surface area contributed by atoms with Crippen molar-refractivity contribution in [3.8, 4) is 55.6 Å². The summed E-state index contributed by atoms with van der Waals surface area (Å²) >= 11 is 1.87. The zero-order valence-corrected chi connectivity index (χ0v) is 39.7. The van der Waals surface area contributed by atoms with Crippen LogP contribution in [-0.2, 0) is 11.8 Å². The molecule has 0 nitrogen and oxygen atoms in total. The highest BCUT2D eigenvalue weighted by Crippen LogP contribution is 2.51. The Hall–Kier alpha value is -7.84. The maximum absolute atomic E-state index is 2.54. The van der Waals surface area contributed by atoms with Crippen molar-refractivity contribution < 1.29 is 0 Å². The zero-order chi connectivity index (χ0) is 46.1. The van der Waals surface area contributed by atoms with Gasteiger partial charge in [0.25, 0.3) is 0 Å². The summed E-state index contributed by atoms with van der Waals surface area (Å²) in [6.45, 7) is 4.82. The third kappa shape index (κ3) is 7.28. The number of thiophene rings is 1. The third-order valence-corrected chi connectivity index (χ3v) is 16.4. The Balaban J connectivity index is 0.811. The van der Waals surface area contributed by atoms with Crippen LogP contribution in [0.15, 0.2) is 237 Å². The van der Waals surface area contributed by atoms with Crippen LogP contribution in [0.1, 0.15) is 54.0 Å². The second-order valence-corrected chi connectivity index (χ2v) is 20.6. The van der Waals surface area contributed by atoms with Crippen molar-refractivity contribution in [2.24, 2.45) is 0 Å². The Bertz CT molecular complexity index is 3890. The number of rotatable bonds is 9. The normalized spacial score (nSPS) is 13.2. The van der Waals surface area contributed by atoms with Crippen molar-refractivity contribution in [3.05, 3.63) is 264 Å². The predicted molar refractivity (Wildman–Crippen MR) is 297 cm³/mol. The summed E-state index contributed by atoms with van der Waals surface area (Å²) in [5.41, 5.74) is 19.5. The lowest BCUT2D eigenvalue weighted by molar-refractivity contribution is 0.654. The fourth-order valence-corrected chi connectivity index (χ4v) is 12.5. The van der Waals surface area contributed by atoms with Crippen molar-refractivity contribution in [2.75, 3.05) is 0 Å². The highest BCUT2D eigenvalue weighted by atomic mass is 32.1. The molecule has 1 aliphatic rings. The van der Waals surface area contributed by atoms with Crippen LogP contribution < -0.4 is 0 Å². The van der Waals surface area contributed by atoms with Crippen molar-refractivity contribution >= 4 is 53.1 Å². The molecule has 0 N–H and O–H groups in total. The number of hydrogen-bond donors (Lipinski definition) is 0. The van der Waals surface area contributed by atoms with Crippen LogP contribution in [0.5, 0.6) is 0 Å². The summed E-state index contributed by atoms with van der Waals surface area (Å²) in [5.74, 6) is 0.218. The molecule has 0 fully saturated rings. The number of aryl methyl sites for hydroxylation is 1. The van der Waals surface area contributed by atoms with Crippen LogP contribution in [0.25, 0.3) is 97.4 Å². The first-order valence-electron chi connectivity index (χ1n) is 24.4. The summed E-state index contributed by atoms with van der Waals surface area (Å²) in [5, 5.41) is 7.84. The molecule has 1 aliphatic carbocycles. The monoisotopic (exact) mass is 898 g/mol. The smallest absolute Gasteiger partial charge is 0.0355 e. The van der Waals surface area contributed by atoms with E-state index in [1.54, 1.807) is 0 Å². The Morgan fingerprint density at radius 1 is 0.348 bits per heavy atom. The Morgan fingerprint density at radius 2 is 0.870 bits per heavy atom. The molecule has 1 heteroatoms. The Labute approximate surface area is 408 Å². The minimum atomic E-state index is -0.127. The number of fused-ring (bicyclic) bond motifs is 9. The van der Waals surface area contributed by atoms with Gasteiger partial charge in [-0.05, 0) is 148 Å². The summed E-state index contributed by atoms with van der Waals surface area (Å²) in [7, 11) is 0. The van der Waals surface area contributed by atoms with Gasteiger partial charge in [-0.2, -0.15) is 0 Å². The van der Waals surface area contributed by atoms with Crippen LogP contribution in [0.3, 0.4) is 0 Å². The van der Waals surface area contributed by atoms with E-state index in [1.807, 2.05) is 11.3 Å². The quantitative estimate of drug-likeness (QED) is 0.127. The molecule has 328 valence electrons. The maximum atomic E-state index is 2.54. The van der Waals surface area contributed by atoms with E-state index in [4.69, 9.17) is 0 Å². The third-order valence-electron chi connectivity index (χ3n) is 15.2. The fourth-order valence-electron chi connectivity index (χ4n) is 11.4. The van der Waals surface area contributed by atoms with Crippen LogP contribution in [0.2, 0.25) is 0 Å². The first-order valence-corrected chi connectivity index (χ1v) is 25.2. The second kappa shape index (κ2) is 16.7. The molecule has 0 saturated heterocycles. The van der Waals surface area contributed by atoms with Gasteiger partial charge in [-0.25, -0.2) is 0 Å². The lowest BCUT2D eigenvalue weighted by Gasteiger charge is -2.25. The SMILES string of the molecule is CC1(C)c2cc(-c3ccccc3)ccc2-c2ccc(C(CCc3ccc(-c4ccc(-c5ccc6sc7ccccc7c6c5)cc4)cc3)c3ccc(-c4cc5ccccc5c5ccccc45)cc3)cc21. The lowest BCUT2D eigenvalue weighted by Crippen LogP contribution is -2.16. The molecular formula is C68H50S. The van der Waals surface area contributed by atoms with Crippen molar-refractivity contribution in [1.82, 2.24) is 0 Å². The van der Waals surface area contributed by atoms with Gasteiger partial charge >= 0.3 is 0 Å². The maximum Gasteiger partial charge on any atom is 0.0355 e.